The van der Waals surface area contributed by atoms with Crippen molar-refractivity contribution in [2.45, 2.75) is 46.1 Å². The number of aryl methyl sites for hydroxylation is 1. The first kappa shape index (κ1) is 14.1. The van der Waals surface area contributed by atoms with Gasteiger partial charge in [0.2, 0.25) is 0 Å². The minimum absolute atomic E-state index is 0.143. The molecule has 0 atom stereocenters. The van der Waals surface area contributed by atoms with Crippen molar-refractivity contribution in [3.05, 3.63) is 45.9 Å². The molecule has 0 bridgehead atoms. The molecule has 0 saturated carbocycles. The maximum absolute atomic E-state index is 4.71. The van der Waals surface area contributed by atoms with Gasteiger partial charge in [-0.25, -0.2) is 4.98 Å². The fraction of sp³-hybridized carbons (Fsp3) is 0.438. The third-order valence-electron chi connectivity index (χ3n) is 3.05. The van der Waals surface area contributed by atoms with E-state index in [9.17, 15) is 0 Å². The fourth-order valence-electron chi connectivity index (χ4n) is 1.92. The third-order valence-corrected chi connectivity index (χ3v) is 4.37. The van der Waals surface area contributed by atoms with E-state index in [-0.39, 0.29) is 5.41 Å². The van der Waals surface area contributed by atoms with Gasteiger partial charge in [-0.1, -0.05) is 45.9 Å². The molecular formula is C16H22N2S. The molecule has 1 aromatic heterocycles. The number of rotatable bonds is 4. The largest absolute Gasteiger partial charge is 0.379 e. The average Bonchev–Trinajstić information content (AvgIpc) is 2.85. The molecule has 0 aliphatic rings. The van der Waals surface area contributed by atoms with Gasteiger partial charge in [-0.05, 0) is 18.1 Å². The standard InChI is InChI=1S/C16H22N2S/c1-5-12-8-6-7-9-14(12)17-10-13-11-19-15(18-13)16(2,3)4/h6-9,11,17H,5,10H2,1-4H3. The highest BCUT2D eigenvalue weighted by Gasteiger charge is 2.17. The summed E-state index contributed by atoms with van der Waals surface area (Å²) in [6, 6.07) is 8.47. The van der Waals surface area contributed by atoms with Crippen molar-refractivity contribution in [1.29, 1.82) is 0 Å². The molecule has 0 fully saturated rings. The Hall–Kier alpha value is -1.35. The van der Waals surface area contributed by atoms with Gasteiger partial charge in [0.05, 0.1) is 17.2 Å². The van der Waals surface area contributed by atoms with Crippen molar-refractivity contribution >= 4 is 17.0 Å². The molecule has 0 aliphatic heterocycles. The van der Waals surface area contributed by atoms with Crippen LogP contribution in [-0.2, 0) is 18.4 Å². The van der Waals surface area contributed by atoms with Gasteiger partial charge in [-0.15, -0.1) is 11.3 Å². The molecule has 0 amide bonds. The highest BCUT2D eigenvalue weighted by atomic mass is 32.1. The highest BCUT2D eigenvalue weighted by Crippen LogP contribution is 2.26. The number of nitrogens with one attached hydrogen (secondary N) is 1. The minimum atomic E-state index is 0.143. The van der Waals surface area contributed by atoms with Crippen LogP contribution in [0.1, 0.15) is 44.0 Å². The molecule has 2 nitrogen and oxygen atoms in total. The molecule has 3 heteroatoms. The Balaban J connectivity index is 2.05. The normalized spacial score (nSPS) is 11.6. The molecule has 19 heavy (non-hydrogen) atoms. The lowest BCUT2D eigenvalue weighted by atomic mass is 9.98. The van der Waals surface area contributed by atoms with Gasteiger partial charge in [0.1, 0.15) is 0 Å². The summed E-state index contributed by atoms with van der Waals surface area (Å²) in [5, 5.41) is 6.85. The summed E-state index contributed by atoms with van der Waals surface area (Å²) in [7, 11) is 0. The number of para-hydroxylation sites is 1. The van der Waals surface area contributed by atoms with Crippen molar-refractivity contribution in [1.82, 2.24) is 4.98 Å². The molecule has 0 spiro atoms. The van der Waals surface area contributed by atoms with Crippen LogP contribution < -0.4 is 5.32 Å². The molecule has 2 aromatic rings. The van der Waals surface area contributed by atoms with E-state index in [4.69, 9.17) is 4.98 Å². The van der Waals surface area contributed by atoms with Gasteiger partial charge in [-0.3, -0.25) is 0 Å². The van der Waals surface area contributed by atoms with E-state index in [1.54, 1.807) is 11.3 Å². The molecule has 0 radical (unpaired) electrons. The van der Waals surface area contributed by atoms with Crippen molar-refractivity contribution < 1.29 is 0 Å². The smallest absolute Gasteiger partial charge is 0.0982 e. The van der Waals surface area contributed by atoms with Crippen molar-refractivity contribution in [2.75, 3.05) is 5.32 Å². The topological polar surface area (TPSA) is 24.9 Å². The number of nitrogens with zero attached hydrogens (tertiary/aromatic N) is 1. The SMILES string of the molecule is CCc1ccccc1NCc1csc(C(C)(C)C)n1. The Morgan fingerprint density at radius 2 is 1.95 bits per heavy atom. The molecule has 0 aliphatic carbocycles. The molecule has 0 unspecified atom stereocenters. The van der Waals surface area contributed by atoms with Gasteiger partial charge < -0.3 is 5.32 Å². The minimum Gasteiger partial charge on any atom is -0.379 e. The summed E-state index contributed by atoms with van der Waals surface area (Å²) in [4.78, 5) is 4.71. The third kappa shape index (κ3) is 3.57. The number of anilines is 1. The van der Waals surface area contributed by atoms with Crippen LogP contribution >= 0.6 is 11.3 Å². The first-order chi connectivity index (χ1) is 9.00. The van der Waals surface area contributed by atoms with E-state index in [1.165, 1.54) is 16.3 Å². The van der Waals surface area contributed by atoms with E-state index < -0.39 is 0 Å². The Kier molecular flexibility index (Phi) is 4.25. The molecule has 102 valence electrons. The quantitative estimate of drug-likeness (QED) is 0.880. The van der Waals surface area contributed by atoms with E-state index in [0.717, 1.165) is 18.7 Å². The van der Waals surface area contributed by atoms with Crippen LogP contribution in [0.5, 0.6) is 0 Å². The number of hydrogen-bond acceptors (Lipinski definition) is 3. The van der Waals surface area contributed by atoms with Gasteiger partial charge >= 0.3 is 0 Å². The van der Waals surface area contributed by atoms with Gasteiger partial charge in [0.25, 0.3) is 0 Å². The van der Waals surface area contributed by atoms with Crippen LogP contribution in [0.4, 0.5) is 5.69 Å². The average molecular weight is 274 g/mol. The van der Waals surface area contributed by atoms with Crippen molar-refractivity contribution in [3.8, 4) is 0 Å². The molecule has 1 aromatic carbocycles. The predicted molar refractivity (Wildman–Crippen MR) is 84.0 cm³/mol. The Morgan fingerprint density at radius 3 is 2.58 bits per heavy atom. The number of hydrogen-bond donors (Lipinski definition) is 1. The van der Waals surface area contributed by atoms with Gasteiger partial charge in [-0.2, -0.15) is 0 Å². The lowest BCUT2D eigenvalue weighted by Gasteiger charge is -2.13. The Morgan fingerprint density at radius 1 is 1.21 bits per heavy atom. The molecular weight excluding hydrogens is 252 g/mol. The fourth-order valence-corrected chi connectivity index (χ4v) is 2.83. The van der Waals surface area contributed by atoms with Crippen molar-refractivity contribution in [2.24, 2.45) is 0 Å². The predicted octanol–water partition coefficient (Wildman–Crippen LogP) is 4.62. The first-order valence-corrected chi connectivity index (χ1v) is 7.65. The Bertz CT molecular complexity index is 538. The van der Waals surface area contributed by atoms with Crippen LogP contribution in [0.3, 0.4) is 0 Å². The first-order valence-electron chi connectivity index (χ1n) is 6.77. The summed E-state index contributed by atoms with van der Waals surface area (Å²) < 4.78 is 0. The van der Waals surface area contributed by atoms with E-state index in [0.29, 0.717) is 0 Å². The van der Waals surface area contributed by atoms with Crippen LogP contribution in [-0.4, -0.2) is 4.98 Å². The lowest BCUT2D eigenvalue weighted by Crippen LogP contribution is -2.11. The van der Waals surface area contributed by atoms with Crippen LogP contribution in [0.25, 0.3) is 0 Å². The lowest BCUT2D eigenvalue weighted by molar-refractivity contribution is 0.583. The maximum Gasteiger partial charge on any atom is 0.0982 e. The van der Waals surface area contributed by atoms with E-state index >= 15 is 0 Å². The van der Waals surface area contributed by atoms with E-state index in [2.05, 4.69) is 62.7 Å². The zero-order valence-electron chi connectivity index (χ0n) is 12.2. The zero-order chi connectivity index (χ0) is 13.9. The molecule has 0 saturated heterocycles. The zero-order valence-corrected chi connectivity index (χ0v) is 13.0. The van der Waals surface area contributed by atoms with Gasteiger partial charge in [0.15, 0.2) is 0 Å². The van der Waals surface area contributed by atoms with Gasteiger partial charge in [0, 0.05) is 16.5 Å². The molecule has 2 rings (SSSR count). The number of thiazole rings is 1. The van der Waals surface area contributed by atoms with Crippen LogP contribution in [0.15, 0.2) is 29.6 Å². The summed E-state index contributed by atoms with van der Waals surface area (Å²) in [6.45, 7) is 9.59. The van der Waals surface area contributed by atoms with Crippen LogP contribution in [0, 0.1) is 0 Å². The van der Waals surface area contributed by atoms with Crippen molar-refractivity contribution in [3.63, 3.8) is 0 Å². The maximum atomic E-state index is 4.71. The number of benzene rings is 1. The summed E-state index contributed by atoms with van der Waals surface area (Å²) in [5.74, 6) is 0. The second-order valence-corrected chi connectivity index (χ2v) is 6.62. The summed E-state index contributed by atoms with van der Waals surface area (Å²) in [6.07, 6.45) is 1.05. The second kappa shape index (κ2) is 5.74. The number of aromatic nitrogens is 1. The summed E-state index contributed by atoms with van der Waals surface area (Å²) >= 11 is 1.75. The van der Waals surface area contributed by atoms with E-state index in [1.807, 2.05) is 0 Å². The molecule has 1 N–H and O–H groups in total. The second-order valence-electron chi connectivity index (χ2n) is 5.76. The highest BCUT2D eigenvalue weighted by molar-refractivity contribution is 7.09. The Labute approximate surface area is 119 Å². The monoisotopic (exact) mass is 274 g/mol. The summed E-state index contributed by atoms with van der Waals surface area (Å²) in [5.41, 5.74) is 3.84. The molecule has 1 heterocycles. The van der Waals surface area contributed by atoms with Crippen LogP contribution in [0.2, 0.25) is 0 Å².